The predicted octanol–water partition coefficient (Wildman–Crippen LogP) is 1.88. The monoisotopic (exact) mass is 282 g/mol. The Morgan fingerprint density at radius 3 is 2.60 bits per heavy atom. The molecule has 0 amide bonds. The summed E-state index contributed by atoms with van der Waals surface area (Å²) in [4.78, 5) is 0. The van der Waals surface area contributed by atoms with Gasteiger partial charge in [0.05, 0.1) is 5.69 Å². The fourth-order valence-electron chi connectivity index (χ4n) is 1.27. The first-order valence-corrected chi connectivity index (χ1v) is 5.43. The molecule has 1 heterocycles. The van der Waals surface area contributed by atoms with Crippen molar-refractivity contribution in [2.24, 2.45) is 7.05 Å². The molecule has 0 radical (unpaired) electrons. The van der Waals surface area contributed by atoms with Gasteiger partial charge in [0.25, 0.3) is 6.43 Å². The van der Waals surface area contributed by atoms with Crippen LogP contribution in [0.1, 0.15) is 25.1 Å². The summed E-state index contributed by atoms with van der Waals surface area (Å²) < 4.78 is 27.3. The molecule has 1 aromatic heterocycles. The summed E-state index contributed by atoms with van der Waals surface area (Å²) in [5.74, 6) is 0. The number of nitrogens with zero attached hydrogens (tertiary/aromatic N) is 3. The maximum atomic E-state index is 12.8. The van der Waals surface area contributed by atoms with E-state index >= 15 is 0 Å². The molecule has 0 saturated carbocycles. The van der Waals surface area contributed by atoms with Gasteiger partial charge in [-0.25, -0.2) is 13.5 Å². The van der Waals surface area contributed by atoms with Crippen LogP contribution in [-0.2, 0) is 7.05 Å². The molecule has 0 spiro atoms. The van der Waals surface area contributed by atoms with Gasteiger partial charge < -0.3 is 5.32 Å². The minimum atomic E-state index is -2.48. The normalized spacial score (nSPS) is 13.5. The Morgan fingerprint density at radius 2 is 2.20 bits per heavy atom. The molecule has 15 heavy (non-hydrogen) atoms. The molecule has 1 rings (SSSR count). The lowest BCUT2D eigenvalue weighted by molar-refractivity contribution is 0.0944. The number of halogens is 3. The number of aromatic nitrogens is 3. The third kappa shape index (κ3) is 2.94. The molecule has 0 fully saturated rings. The summed E-state index contributed by atoms with van der Waals surface area (Å²) in [5, 5.41) is 10.1. The second-order valence-electron chi connectivity index (χ2n) is 3.16. The van der Waals surface area contributed by atoms with Crippen LogP contribution in [0.5, 0.6) is 0 Å². The zero-order chi connectivity index (χ0) is 11.4. The van der Waals surface area contributed by atoms with E-state index in [2.05, 4.69) is 31.6 Å². The van der Waals surface area contributed by atoms with Crippen LogP contribution in [0.4, 0.5) is 8.78 Å². The number of aryl methyl sites for hydroxylation is 1. The first kappa shape index (κ1) is 12.5. The fourth-order valence-corrected chi connectivity index (χ4v) is 1.85. The number of rotatable bonds is 5. The average molecular weight is 283 g/mol. The van der Waals surface area contributed by atoms with Gasteiger partial charge in [0, 0.05) is 7.05 Å². The number of hydrogen-bond donors (Lipinski definition) is 1. The van der Waals surface area contributed by atoms with Crippen molar-refractivity contribution in [2.45, 2.75) is 25.8 Å². The lowest BCUT2D eigenvalue weighted by Crippen LogP contribution is -2.30. The van der Waals surface area contributed by atoms with E-state index in [1.165, 1.54) is 4.68 Å². The van der Waals surface area contributed by atoms with Crippen molar-refractivity contribution in [3.05, 3.63) is 10.3 Å². The van der Waals surface area contributed by atoms with Crippen LogP contribution >= 0.6 is 15.9 Å². The van der Waals surface area contributed by atoms with Gasteiger partial charge in [-0.1, -0.05) is 12.1 Å². The molecular weight excluding hydrogens is 270 g/mol. The Bertz CT molecular complexity index is 296. The number of alkyl halides is 2. The van der Waals surface area contributed by atoms with Gasteiger partial charge in [0.15, 0.2) is 4.60 Å². The van der Waals surface area contributed by atoms with Crippen LogP contribution in [0.25, 0.3) is 0 Å². The van der Waals surface area contributed by atoms with E-state index in [9.17, 15) is 8.78 Å². The molecular formula is C8H13BrF2N4. The molecule has 4 nitrogen and oxygen atoms in total. The molecule has 7 heteroatoms. The summed E-state index contributed by atoms with van der Waals surface area (Å²) in [5.41, 5.74) is 0.374. The van der Waals surface area contributed by atoms with Gasteiger partial charge >= 0.3 is 0 Å². The third-order valence-electron chi connectivity index (χ3n) is 1.99. The van der Waals surface area contributed by atoms with Gasteiger partial charge in [0.2, 0.25) is 0 Å². The molecule has 0 aliphatic carbocycles. The van der Waals surface area contributed by atoms with Crippen LogP contribution in [0.3, 0.4) is 0 Å². The molecule has 0 saturated heterocycles. The lowest BCUT2D eigenvalue weighted by Gasteiger charge is -2.17. The Kier molecular flexibility index (Phi) is 4.59. The van der Waals surface area contributed by atoms with Crippen LogP contribution in [0.15, 0.2) is 4.60 Å². The van der Waals surface area contributed by atoms with Crippen LogP contribution < -0.4 is 5.32 Å². The van der Waals surface area contributed by atoms with Crippen LogP contribution in [0.2, 0.25) is 0 Å². The van der Waals surface area contributed by atoms with Crippen molar-refractivity contribution in [2.75, 3.05) is 6.54 Å². The van der Waals surface area contributed by atoms with Crippen molar-refractivity contribution in [3.8, 4) is 0 Å². The van der Waals surface area contributed by atoms with Crippen LogP contribution in [-0.4, -0.2) is 28.0 Å². The van der Waals surface area contributed by atoms with Crippen molar-refractivity contribution >= 4 is 15.9 Å². The Morgan fingerprint density at radius 1 is 1.53 bits per heavy atom. The summed E-state index contributed by atoms with van der Waals surface area (Å²) >= 11 is 3.11. The van der Waals surface area contributed by atoms with E-state index in [0.717, 1.165) is 6.42 Å². The van der Waals surface area contributed by atoms with Crippen LogP contribution in [0, 0.1) is 0 Å². The number of hydrogen-bond acceptors (Lipinski definition) is 3. The van der Waals surface area contributed by atoms with E-state index in [1.54, 1.807) is 7.05 Å². The van der Waals surface area contributed by atoms with Crippen molar-refractivity contribution in [1.29, 1.82) is 0 Å². The molecule has 0 bridgehead atoms. The van der Waals surface area contributed by atoms with Crippen molar-refractivity contribution in [3.63, 3.8) is 0 Å². The quantitative estimate of drug-likeness (QED) is 0.897. The Hall–Kier alpha value is -0.560. The van der Waals surface area contributed by atoms with E-state index in [0.29, 0.717) is 16.8 Å². The maximum absolute atomic E-state index is 12.8. The predicted molar refractivity (Wildman–Crippen MR) is 55.7 cm³/mol. The smallest absolute Gasteiger partial charge is 0.259 e. The molecule has 1 N–H and O–H groups in total. The van der Waals surface area contributed by atoms with Gasteiger partial charge in [0.1, 0.15) is 6.04 Å². The van der Waals surface area contributed by atoms with Gasteiger partial charge in [-0.15, -0.1) is 5.10 Å². The molecule has 1 atom stereocenters. The summed E-state index contributed by atoms with van der Waals surface area (Å²) in [6.45, 7) is 2.46. The average Bonchev–Trinajstić information content (AvgIpc) is 2.49. The fraction of sp³-hybridized carbons (Fsp3) is 0.750. The maximum Gasteiger partial charge on any atom is 0.259 e. The number of nitrogens with one attached hydrogen (secondary N) is 1. The first-order valence-electron chi connectivity index (χ1n) is 4.64. The summed E-state index contributed by atoms with van der Waals surface area (Å²) in [6, 6.07) is -1.03. The zero-order valence-corrected chi connectivity index (χ0v) is 10.1. The highest BCUT2D eigenvalue weighted by Gasteiger charge is 2.27. The van der Waals surface area contributed by atoms with E-state index in [-0.39, 0.29) is 0 Å². The Balaban J connectivity index is 2.88. The SMILES string of the molecule is CCCNC(c1c(Br)nnn1C)C(F)F. The minimum absolute atomic E-state index is 0.360. The van der Waals surface area contributed by atoms with Gasteiger partial charge in [-0.2, -0.15) is 0 Å². The van der Waals surface area contributed by atoms with E-state index in [1.807, 2.05) is 6.92 Å². The van der Waals surface area contributed by atoms with E-state index < -0.39 is 12.5 Å². The first-order chi connectivity index (χ1) is 7.07. The molecule has 0 aromatic carbocycles. The molecule has 0 aliphatic rings. The highest BCUT2D eigenvalue weighted by Crippen LogP contribution is 2.25. The Labute approximate surface area is 95.2 Å². The van der Waals surface area contributed by atoms with Gasteiger partial charge in [-0.05, 0) is 28.9 Å². The summed E-state index contributed by atoms with van der Waals surface area (Å²) in [6.07, 6.45) is -1.68. The molecule has 0 aliphatic heterocycles. The van der Waals surface area contributed by atoms with Crippen molar-refractivity contribution < 1.29 is 8.78 Å². The molecule has 1 aromatic rings. The second kappa shape index (κ2) is 5.50. The largest absolute Gasteiger partial charge is 0.304 e. The lowest BCUT2D eigenvalue weighted by atomic mass is 10.2. The zero-order valence-electron chi connectivity index (χ0n) is 8.54. The summed E-state index contributed by atoms with van der Waals surface area (Å²) in [7, 11) is 1.59. The highest BCUT2D eigenvalue weighted by atomic mass is 79.9. The second-order valence-corrected chi connectivity index (χ2v) is 3.91. The minimum Gasteiger partial charge on any atom is -0.304 e. The van der Waals surface area contributed by atoms with E-state index in [4.69, 9.17) is 0 Å². The molecule has 86 valence electrons. The molecule has 1 unspecified atom stereocenters. The standard InChI is InChI=1S/C8H13BrF2N4/c1-3-4-12-5(8(10)11)6-7(9)13-14-15(6)2/h5,8,12H,3-4H2,1-2H3. The topological polar surface area (TPSA) is 42.7 Å². The van der Waals surface area contributed by atoms with Crippen molar-refractivity contribution in [1.82, 2.24) is 20.3 Å². The van der Waals surface area contributed by atoms with Gasteiger partial charge in [-0.3, -0.25) is 0 Å². The highest BCUT2D eigenvalue weighted by molar-refractivity contribution is 9.10. The third-order valence-corrected chi connectivity index (χ3v) is 2.55.